The maximum atomic E-state index is 12.3. The van der Waals surface area contributed by atoms with Gasteiger partial charge in [0, 0.05) is 19.0 Å². The summed E-state index contributed by atoms with van der Waals surface area (Å²) in [4.78, 5) is 16.7. The molecule has 0 spiro atoms. The maximum absolute atomic E-state index is 12.3. The lowest BCUT2D eigenvalue weighted by molar-refractivity contribution is 0.0972. The second-order valence-corrected chi connectivity index (χ2v) is 7.81. The van der Waals surface area contributed by atoms with E-state index in [-0.39, 0.29) is 11.7 Å². The second-order valence-electron chi connectivity index (χ2n) is 5.99. The molecule has 1 saturated heterocycles. The van der Waals surface area contributed by atoms with E-state index in [0.29, 0.717) is 0 Å². The first-order valence-corrected chi connectivity index (χ1v) is 9.41. The number of hydrogen-bond acceptors (Lipinski definition) is 5. The Balaban J connectivity index is 1.89. The van der Waals surface area contributed by atoms with Crippen LogP contribution in [0.15, 0.2) is 4.90 Å². The van der Waals surface area contributed by atoms with Crippen molar-refractivity contribution in [1.82, 2.24) is 0 Å². The average Bonchev–Trinajstić information content (AvgIpc) is 3.23. The van der Waals surface area contributed by atoms with Crippen LogP contribution in [0.5, 0.6) is 0 Å². The lowest BCUT2D eigenvalue weighted by atomic mass is 9.99. The zero-order valence-corrected chi connectivity index (χ0v) is 13.8. The third-order valence-corrected chi connectivity index (χ3v) is 6.56. The van der Waals surface area contributed by atoms with E-state index in [4.69, 9.17) is 5.73 Å². The van der Waals surface area contributed by atoms with Crippen molar-refractivity contribution in [2.45, 2.75) is 37.5 Å². The third-order valence-electron chi connectivity index (χ3n) is 4.33. The summed E-state index contributed by atoms with van der Waals surface area (Å²) in [5.74, 6) is 1.34. The Morgan fingerprint density at radius 3 is 2.50 bits per heavy atom. The molecule has 1 aliphatic carbocycles. The van der Waals surface area contributed by atoms with E-state index in [1.165, 1.54) is 17.8 Å². The van der Waals surface area contributed by atoms with Gasteiger partial charge in [0.2, 0.25) is 0 Å². The third kappa shape index (κ3) is 2.58. The van der Waals surface area contributed by atoms with Gasteiger partial charge in [-0.1, -0.05) is 6.92 Å². The van der Waals surface area contributed by atoms with Crippen molar-refractivity contribution >= 4 is 39.6 Å². The molecule has 2 fully saturated rings. The number of rotatable bonds is 4. The molecule has 5 heteroatoms. The van der Waals surface area contributed by atoms with Crippen molar-refractivity contribution in [3.05, 3.63) is 4.88 Å². The van der Waals surface area contributed by atoms with Crippen molar-refractivity contribution < 1.29 is 4.79 Å². The number of nitrogen functional groups attached to an aromatic ring is 1. The van der Waals surface area contributed by atoms with Gasteiger partial charge in [-0.3, -0.25) is 4.79 Å². The van der Waals surface area contributed by atoms with E-state index >= 15 is 0 Å². The van der Waals surface area contributed by atoms with Gasteiger partial charge in [-0.2, -0.15) is 0 Å². The molecule has 0 amide bonds. The van der Waals surface area contributed by atoms with Gasteiger partial charge in [-0.05, 0) is 37.9 Å². The molecule has 2 aliphatic rings. The van der Waals surface area contributed by atoms with Crippen LogP contribution in [0.3, 0.4) is 0 Å². The smallest absolute Gasteiger partial charge is 0.178 e. The highest BCUT2D eigenvalue weighted by Gasteiger charge is 2.34. The molecule has 1 aromatic heterocycles. The molecule has 3 rings (SSSR count). The molecular formula is C15H22N2OS2. The molecule has 1 aliphatic heterocycles. The number of ketones is 1. The molecule has 0 atom stereocenters. The molecule has 0 radical (unpaired) electrons. The molecule has 0 aromatic carbocycles. The maximum Gasteiger partial charge on any atom is 0.178 e. The van der Waals surface area contributed by atoms with Gasteiger partial charge in [0.15, 0.2) is 5.78 Å². The van der Waals surface area contributed by atoms with Gasteiger partial charge in [0.25, 0.3) is 0 Å². The predicted molar refractivity (Wildman–Crippen MR) is 88.2 cm³/mol. The number of carbonyl (C=O) groups excluding carboxylic acids is 1. The fourth-order valence-corrected chi connectivity index (χ4v) is 5.00. The fraction of sp³-hybridized carbons (Fsp3) is 0.667. The lowest BCUT2D eigenvalue weighted by Gasteiger charge is -2.31. The van der Waals surface area contributed by atoms with E-state index in [1.54, 1.807) is 23.1 Å². The summed E-state index contributed by atoms with van der Waals surface area (Å²) in [6, 6.07) is 0. The molecule has 110 valence electrons. The Hall–Kier alpha value is -0.680. The molecule has 0 bridgehead atoms. The Morgan fingerprint density at radius 1 is 1.30 bits per heavy atom. The largest absolute Gasteiger partial charge is 0.396 e. The highest BCUT2D eigenvalue weighted by molar-refractivity contribution is 7.99. The summed E-state index contributed by atoms with van der Waals surface area (Å²) in [6.07, 6.45) is 6.61. The van der Waals surface area contributed by atoms with E-state index in [0.717, 1.165) is 47.3 Å². The number of thiophene rings is 1. The summed E-state index contributed by atoms with van der Waals surface area (Å²) in [7, 11) is 0. The van der Waals surface area contributed by atoms with Crippen LogP contribution in [-0.2, 0) is 0 Å². The molecule has 0 unspecified atom stereocenters. The van der Waals surface area contributed by atoms with Gasteiger partial charge >= 0.3 is 0 Å². The van der Waals surface area contributed by atoms with E-state index < -0.39 is 0 Å². The molecule has 1 aromatic rings. The second kappa shape index (κ2) is 5.60. The van der Waals surface area contributed by atoms with Crippen LogP contribution < -0.4 is 10.6 Å². The number of nitrogens with zero attached hydrogens (tertiary/aromatic N) is 1. The minimum atomic E-state index is 0.250. The highest BCUT2D eigenvalue weighted by atomic mass is 32.2. The molecular weight excluding hydrogens is 288 g/mol. The van der Waals surface area contributed by atoms with Crippen molar-refractivity contribution in [3.63, 3.8) is 0 Å². The van der Waals surface area contributed by atoms with Crippen LogP contribution in [0.2, 0.25) is 0 Å². The van der Waals surface area contributed by atoms with Gasteiger partial charge in [0.1, 0.15) is 5.00 Å². The van der Waals surface area contributed by atoms with Crippen molar-refractivity contribution in [2.75, 3.05) is 30.0 Å². The van der Waals surface area contributed by atoms with Crippen LogP contribution in [0, 0.1) is 11.8 Å². The summed E-state index contributed by atoms with van der Waals surface area (Å²) in [5, 5.41) is 1.23. The number of hydrogen-bond donors (Lipinski definition) is 1. The van der Waals surface area contributed by atoms with Crippen LogP contribution in [0.25, 0.3) is 0 Å². The number of thioether (sulfide) groups is 1. The summed E-state index contributed by atoms with van der Waals surface area (Å²) < 4.78 is 0. The zero-order valence-electron chi connectivity index (χ0n) is 12.1. The van der Waals surface area contributed by atoms with Crippen LogP contribution in [-0.4, -0.2) is 25.1 Å². The topological polar surface area (TPSA) is 46.3 Å². The number of piperidine rings is 1. The first-order chi connectivity index (χ1) is 9.61. The first kappa shape index (κ1) is 14.3. The van der Waals surface area contributed by atoms with Crippen molar-refractivity contribution in [1.29, 1.82) is 0 Å². The van der Waals surface area contributed by atoms with Crippen molar-refractivity contribution in [2.24, 2.45) is 11.8 Å². The first-order valence-electron chi connectivity index (χ1n) is 7.37. The molecule has 20 heavy (non-hydrogen) atoms. The molecule has 3 nitrogen and oxygen atoms in total. The average molecular weight is 310 g/mol. The minimum absolute atomic E-state index is 0.250. The standard InChI is InChI=1S/C15H22N2OS2/c1-9-5-7-17(8-6-9)15-14(19-2)11(16)13(20-15)12(18)10-3-4-10/h9-10H,3-8,16H2,1-2H3. The highest BCUT2D eigenvalue weighted by Crippen LogP contribution is 2.47. The number of carbonyl (C=O) groups is 1. The Kier molecular flexibility index (Phi) is 4.00. The molecule has 1 saturated carbocycles. The summed E-state index contributed by atoms with van der Waals surface area (Å²) in [5.41, 5.74) is 6.99. The molecule has 2 heterocycles. The Morgan fingerprint density at radius 2 is 1.95 bits per heavy atom. The normalized spacial score (nSPS) is 20.4. The predicted octanol–water partition coefficient (Wildman–Crippen LogP) is 3.88. The Bertz CT molecular complexity index is 514. The van der Waals surface area contributed by atoms with E-state index in [1.807, 2.05) is 0 Å². The van der Waals surface area contributed by atoms with Gasteiger partial charge in [0.05, 0.1) is 15.5 Å². The van der Waals surface area contributed by atoms with E-state index in [2.05, 4.69) is 18.1 Å². The lowest BCUT2D eigenvalue weighted by Crippen LogP contribution is -2.32. The van der Waals surface area contributed by atoms with Crippen LogP contribution >= 0.6 is 23.1 Å². The van der Waals surface area contributed by atoms with Gasteiger partial charge in [-0.15, -0.1) is 23.1 Å². The fourth-order valence-electron chi connectivity index (χ4n) is 2.75. The van der Waals surface area contributed by atoms with Crippen LogP contribution in [0.4, 0.5) is 10.7 Å². The minimum Gasteiger partial charge on any atom is -0.396 e. The van der Waals surface area contributed by atoms with Crippen LogP contribution in [0.1, 0.15) is 42.3 Å². The molecule has 2 N–H and O–H groups in total. The van der Waals surface area contributed by atoms with E-state index in [9.17, 15) is 4.79 Å². The number of anilines is 2. The summed E-state index contributed by atoms with van der Waals surface area (Å²) >= 11 is 3.30. The Labute approximate surface area is 128 Å². The quantitative estimate of drug-likeness (QED) is 0.677. The van der Waals surface area contributed by atoms with Crippen molar-refractivity contribution in [3.8, 4) is 0 Å². The van der Waals surface area contributed by atoms with Gasteiger partial charge in [-0.25, -0.2) is 0 Å². The number of Topliss-reactive ketones (excluding diaryl/α,β-unsaturated/α-hetero) is 1. The SMILES string of the molecule is CSc1c(N2CCC(C)CC2)sc(C(=O)C2CC2)c1N. The monoisotopic (exact) mass is 310 g/mol. The zero-order chi connectivity index (χ0) is 14.3. The summed E-state index contributed by atoms with van der Waals surface area (Å²) in [6.45, 7) is 4.50. The van der Waals surface area contributed by atoms with Gasteiger partial charge < -0.3 is 10.6 Å². The number of nitrogens with two attached hydrogens (primary N) is 1.